The minimum absolute atomic E-state index is 0.173. The third-order valence-electron chi connectivity index (χ3n) is 4.39. The van der Waals surface area contributed by atoms with Crippen LogP contribution in [0.1, 0.15) is 31.0 Å². The van der Waals surface area contributed by atoms with Crippen molar-refractivity contribution in [3.63, 3.8) is 0 Å². The van der Waals surface area contributed by atoms with E-state index in [0.29, 0.717) is 5.56 Å². The minimum atomic E-state index is -1.10. The summed E-state index contributed by atoms with van der Waals surface area (Å²) in [5.74, 6) is -1.02. The van der Waals surface area contributed by atoms with Gasteiger partial charge in [0, 0.05) is 5.56 Å². The molecule has 1 atom stereocenters. The van der Waals surface area contributed by atoms with Crippen LogP contribution in [0.2, 0.25) is 0 Å². The number of hydrogen-bond acceptors (Lipinski definition) is 1. The fraction of sp³-hybridized carbons (Fsp3) is 0.278. The highest BCUT2D eigenvalue weighted by molar-refractivity contribution is 5.69. The first-order valence-electron chi connectivity index (χ1n) is 7.35. The van der Waals surface area contributed by atoms with E-state index in [1.165, 1.54) is 0 Å². The van der Waals surface area contributed by atoms with Crippen LogP contribution >= 0.6 is 0 Å². The van der Waals surface area contributed by atoms with Crippen LogP contribution in [0.3, 0.4) is 0 Å². The van der Waals surface area contributed by atoms with Crippen molar-refractivity contribution in [2.75, 3.05) is 0 Å². The molecule has 3 nitrogen and oxygen atoms in total. The van der Waals surface area contributed by atoms with Crippen molar-refractivity contribution in [3.8, 4) is 11.1 Å². The lowest BCUT2D eigenvalue weighted by molar-refractivity contribution is 0.175. The van der Waals surface area contributed by atoms with Crippen LogP contribution in [0.4, 0.5) is 13.6 Å². The van der Waals surface area contributed by atoms with Gasteiger partial charge >= 0.3 is 6.09 Å². The summed E-state index contributed by atoms with van der Waals surface area (Å²) in [6, 6.07) is 8.29. The van der Waals surface area contributed by atoms with Gasteiger partial charge in [0.1, 0.15) is 11.6 Å². The molecule has 1 aliphatic carbocycles. The van der Waals surface area contributed by atoms with Gasteiger partial charge in [-0.3, -0.25) is 0 Å². The standard InChI is InChI=1S/C18H17F2NO2/c1-18(2)9-11-4-3-10(7-14(11)16(18)21-17(22)23)13-8-12(19)5-6-15(13)20/h3-8,16,21H,9H2,1-2H3,(H,22,23). The van der Waals surface area contributed by atoms with E-state index in [-0.39, 0.29) is 17.0 Å². The Balaban J connectivity index is 2.09. The Hall–Kier alpha value is -2.43. The molecule has 0 radical (unpaired) electrons. The molecule has 0 aromatic heterocycles. The summed E-state index contributed by atoms with van der Waals surface area (Å²) in [4.78, 5) is 11.1. The third kappa shape index (κ3) is 2.79. The molecule has 0 saturated heterocycles. The number of hydrogen-bond donors (Lipinski definition) is 2. The molecule has 23 heavy (non-hydrogen) atoms. The zero-order chi connectivity index (χ0) is 16.8. The van der Waals surface area contributed by atoms with E-state index in [0.717, 1.165) is 35.7 Å². The number of carboxylic acid groups (broad SMARTS) is 1. The lowest BCUT2D eigenvalue weighted by Crippen LogP contribution is -2.34. The molecule has 2 N–H and O–H groups in total. The van der Waals surface area contributed by atoms with Gasteiger partial charge in [-0.25, -0.2) is 13.6 Å². The highest BCUT2D eigenvalue weighted by atomic mass is 19.1. The summed E-state index contributed by atoms with van der Waals surface area (Å²) in [6.07, 6.45) is -0.377. The van der Waals surface area contributed by atoms with Crippen LogP contribution in [-0.2, 0) is 6.42 Å². The summed E-state index contributed by atoms with van der Waals surface area (Å²) in [5.41, 5.74) is 2.27. The summed E-state index contributed by atoms with van der Waals surface area (Å²) in [5, 5.41) is 11.6. The van der Waals surface area contributed by atoms with E-state index < -0.39 is 17.7 Å². The lowest BCUT2D eigenvalue weighted by atomic mass is 9.85. The number of rotatable bonds is 2. The number of fused-ring (bicyclic) bond motifs is 1. The topological polar surface area (TPSA) is 49.3 Å². The average molecular weight is 317 g/mol. The van der Waals surface area contributed by atoms with Crippen LogP contribution in [0, 0.1) is 17.0 Å². The van der Waals surface area contributed by atoms with E-state index in [1.54, 1.807) is 12.1 Å². The maximum absolute atomic E-state index is 14.0. The Morgan fingerprint density at radius 2 is 1.96 bits per heavy atom. The first-order chi connectivity index (χ1) is 10.8. The highest BCUT2D eigenvalue weighted by Gasteiger charge is 2.40. The molecule has 0 spiro atoms. The fourth-order valence-electron chi connectivity index (χ4n) is 3.32. The first kappa shape index (κ1) is 15.5. The molecule has 0 saturated carbocycles. The molecule has 120 valence electrons. The molecule has 0 aliphatic heterocycles. The maximum Gasteiger partial charge on any atom is 0.405 e. The second-order valence-corrected chi connectivity index (χ2v) is 6.59. The fourth-order valence-corrected chi connectivity index (χ4v) is 3.32. The molecule has 2 aromatic rings. The van der Waals surface area contributed by atoms with Crippen molar-refractivity contribution in [1.82, 2.24) is 5.32 Å². The molecule has 0 fully saturated rings. The SMILES string of the molecule is CC1(C)Cc2ccc(-c3cc(F)ccc3F)cc2C1NC(=O)O. The van der Waals surface area contributed by atoms with E-state index >= 15 is 0 Å². The smallest absolute Gasteiger partial charge is 0.405 e. The normalized spacial score (nSPS) is 18.5. The number of halogens is 2. The summed E-state index contributed by atoms with van der Waals surface area (Å²) >= 11 is 0. The predicted molar refractivity (Wildman–Crippen MR) is 83.2 cm³/mol. The number of benzene rings is 2. The van der Waals surface area contributed by atoms with Crippen LogP contribution in [0.25, 0.3) is 11.1 Å². The van der Waals surface area contributed by atoms with Gasteiger partial charge < -0.3 is 10.4 Å². The molecule has 1 amide bonds. The average Bonchev–Trinajstić information content (AvgIpc) is 2.71. The van der Waals surface area contributed by atoms with Crippen molar-refractivity contribution in [2.24, 2.45) is 5.41 Å². The Morgan fingerprint density at radius 3 is 2.65 bits per heavy atom. The molecule has 0 bridgehead atoms. The zero-order valence-corrected chi connectivity index (χ0v) is 12.9. The number of amides is 1. The van der Waals surface area contributed by atoms with Gasteiger partial charge in [-0.2, -0.15) is 0 Å². The first-order valence-corrected chi connectivity index (χ1v) is 7.35. The third-order valence-corrected chi connectivity index (χ3v) is 4.39. The largest absolute Gasteiger partial charge is 0.465 e. The Bertz CT molecular complexity index is 787. The van der Waals surface area contributed by atoms with Crippen LogP contribution in [0.15, 0.2) is 36.4 Å². The molecule has 1 unspecified atom stereocenters. The van der Waals surface area contributed by atoms with Crippen molar-refractivity contribution in [2.45, 2.75) is 26.3 Å². The molecule has 1 aliphatic rings. The number of nitrogens with one attached hydrogen (secondary N) is 1. The highest BCUT2D eigenvalue weighted by Crippen LogP contribution is 2.46. The molecule has 0 heterocycles. The Kier molecular flexibility index (Phi) is 3.59. The van der Waals surface area contributed by atoms with Gasteiger partial charge in [-0.15, -0.1) is 0 Å². The number of carbonyl (C=O) groups is 1. The van der Waals surface area contributed by atoms with Gasteiger partial charge in [0.2, 0.25) is 0 Å². The maximum atomic E-state index is 14.0. The van der Waals surface area contributed by atoms with E-state index in [2.05, 4.69) is 5.32 Å². The molecule has 5 heteroatoms. The predicted octanol–water partition coefficient (Wildman–Crippen LogP) is 4.52. The summed E-state index contributed by atoms with van der Waals surface area (Å²) < 4.78 is 27.4. The van der Waals surface area contributed by atoms with Crippen LogP contribution < -0.4 is 5.32 Å². The minimum Gasteiger partial charge on any atom is -0.465 e. The molecule has 2 aromatic carbocycles. The zero-order valence-electron chi connectivity index (χ0n) is 12.9. The van der Waals surface area contributed by atoms with Gasteiger partial charge in [0.15, 0.2) is 0 Å². The Labute approximate surface area is 133 Å². The van der Waals surface area contributed by atoms with E-state index in [4.69, 9.17) is 5.11 Å². The van der Waals surface area contributed by atoms with E-state index in [9.17, 15) is 13.6 Å². The second kappa shape index (κ2) is 5.33. The lowest BCUT2D eigenvalue weighted by Gasteiger charge is -2.27. The monoisotopic (exact) mass is 317 g/mol. The van der Waals surface area contributed by atoms with Crippen molar-refractivity contribution < 1.29 is 18.7 Å². The van der Waals surface area contributed by atoms with Crippen LogP contribution in [-0.4, -0.2) is 11.2 Å². The summed E-state index contributed by atoms with van der Waals surface area (Å²) in [6.45, 7) is 3.96. The second-order valence-electron chi connectivity index (χ2n) is 6.59. The van der Waals surface area contributed by atoms with Crippen molar-refractivity contribution in [1.29, 1.82) is 0 Å². The Morgan fingerprint density at radius 1 is 1.22 bits per heavy atom. The van der Waals surface area contributed by atoms with Gasteiger partial charge in [0.25, 0.3) is 0 Å². The van der Waals surface area contributed by atoms with Gasteiger partial charge in [-0.1, -0.05) is 26.0 Å². The van der Waals surface area contributed by atoms with Gasteiger partial charge in [-0.05, 0) is 52.8 Å². The van der Waals surface area contributed by atoms with E-state index in [1.807, 2.05) is 19.9 Å². The molecular weight excluding hydrogens is 300 g/mol. The molecular formula is C18H17F2NO2. The van der Waals surface area contributed by atoms with Gasteiger partial charge in [0.05, 0.1) is 6.04 Å². The quantitative estimate of drug-likeness (QED) is 0.855. The molecule has 3 rings (SSSR count). The van der Waals surface area contributed by atoms with Crippen molar-refractivity contribution >= 4 is 6.09 Å². The summed E-state index contributed by atoms with van der Waals surface area (Å²) in [7, 11) is 0. The van der Waals surface area contributed by atoms with Crippen LogP contribution in [0.5, 0.6) is 0 Å². The van der Waals surface area contributed by atoms with Crippen molar-refractivity contribution in [3.05, 3.63) is 59.2 Å².